The van der Waals surface area contributed by atoms with Crippen molar-refractivity contribution in [3.63, 3.8) is 0 Å². The molecule has 1 aromatic rings. The fourth-order valence-corrected chi connectivity index (χ4v) is 4.55. The molecule has 0 aliphatic heterocycles. The molecule has 0 saturated heterocycles. The molecule has 30 heavy (non-hydrogen) atoms. The first-order valence-corrected chi connectivity index (χ1v) is 10.6. The molecule has 0 spiro atoms. The molecule has 0 bridgehead atoms. The molecule has 0 aromatic heterocycles. The number of rotatable bonds is 6. The van der Waals surface area contributed by atoms with Crippen LogP contribution < -0.4 is 16.6 Å². The summed E-state index contributed by atoms with van der Waals surface area (Å²) in [7, 11) is 0. The molecule has 2 amide bonds. The first-order valence-electron chi connectivity index (χ1n) is 10.6. The number of nitrogens with zero attached hydrogens (tertiary/aromatic N) is 1. The number of anilines is 1. The molecular weight excluding hydrogens is 387 g/mol. The summed E-state index contributed by atoms with van der Waals surface area (Å²) < 4.78 is 14.5. The quantitative estimate of drug-likeness (QED) is 0.313. The first kappa shape index (κ1) is 23.9. The Bertz CT molecular complexity index is 770. The van der Waals surface area contributed by atoms with E-state index in [1.807, 2.05) is 33.1 Å². The van der Waals surface area contributed by atoms with Gasteiger partial charge in [-0.2, -0.15) is 0 Å². The second-order valence-corrected chi connectivity index (χ2v) is 9.14. The van der Waals surface area contributed by atoms with Gasteiger partial charge in [0.1, 0.15) is 5.82 Å². The lowest BCUT2D eigenvalue weighted by Crippen LogP contribution is -2.52. The zero-order valence-corrected chi connectivity index (χ0v) is 18.6. The van der Waals surface area contributed by atoms with E-state index >= 15 is 0 Å². The molecule has 0 heterocycles. The smallest absolute Gasteiger partial charge is 0.407 e. The number of hydrogen-bond donors (Lipinski definition) is 4. The average molecular weight is 423 g/mol. The summed E-state index contributed by atoms with van der Waals surface area (Å²) in [5.41, 5.74) is 2.92. The van der Waals surface area contributed by atoms with Gasteiger partial charge in [-0.05, 0) is 77.8 Å². The summed E-state index contributed by atoms with van der Waals surface area (Å²) in [4.78, 5) is 25.2. The molecule has 1 aliphatic carbocycles. The zero-order chi connectivity index (χ0) is 22.6. The third-order valence-corrected chi connectivity index (χ3v) is 6.07. The summed E-state index contributed by atoms with van der Waals surface area (Å²) >= 11 is 0. The van der Waals surface area contributed by atoms with Gasteiger partial charge in [0.15, 0.2) is 0 Å². The molecule has 1 saturated carbocycles. The van der Waals surface area contributed by atoms with Crippen LogP contribution in [0.2, 0.25) is 0 Å². The minimum absolute atomic E-state index is 0.00572. The van der Waals surface area contributed by atoms with Crippen LogP contribution in [0.3, 0.4) is 0 Å². The second-order valence-electron chi connectivity index (χ2n) is 9.14. The number of nitrogen functional groups attached to an aromatic ring is 1. The lowest BCUT2D eigenvalue weighted by Gasteiger charge is -2.43. The van der Waals surface area contributed by atoms with Gasteiger partial charge in [0, 0.05) is 34.4 Å². The van der Waals surface area contributed by atoms with Crippen LogP contribution in [0.4, 0.5) is 14.9 Å². The van der Waals surface area contributed by atoms with Crippen molar-refractivity contribution >= 4 is 17.7 Å². The fraction of sp³-hybridized carbons (Fsp3) is 0.636. The minimum Gasteiger partial charge on any atom is -0.465 e. The van der Waals surface area contributed by atoms with Crippen LogP contribution >= 0.6 is 0 Å². The van der Waals surface area contributed by atoms with E-state index in [9.17, 15) is 19.1 Å². The number of hydrazine groups is 1. The van der Waals surface area contributed by atoms with E-state index in [1.165, 1.54) is 6.07 Å². The van der Waals surface area contributed by atoms with Crippen molar-refractivity contribution in [3.8, 4) is 0 Å². The molecule has 7 nitrogen and oxygen atoms in total. The van der Waals surface area contributed by atoms with Crippen LogP contribution in [0.25, 0.3) is 0 Å². The van der Waals surface area contributed by atoms with E-state index in [1.54, 1.807) is 11.0 Å². The highest BCUT2D eigenvalue weighted by Crippen LogP contribution is 2.34. The molecule has 8 heteroatoms. The number of carbonyl (C=O) groups is 2. The van der Waals surface area contributed by atoms with Crippen molar-refractivity contribution < 1.29 is 19.1 Å². The Morgan fingerprint density at radius 2 is 1.87 bits per heavy atom. The third kappa shape index (κ3) is 5.41. The van der Waals surface area contributed by atoms with Crippen molar-refractivity contribution in [1.29, 1.82) is 0 Å². The van der Waals surface area contributed by atoms with Crippen LogP contribution in [0, 0.1) is 11.7 Å². The molecular formula is C22H35FN4O3. The standard InChI is InChI=1S/C22H35FN4O3/c1-6-17-18(23)11-15(20(28)26-24)12-19(17)25-13(2)14-7-9-16(10-8-14)27(21(29)30)22(3,4)5/h11-14,16,25H,6-10,24H2,1-5H3,(H,26,28)(H,29,30)/t13-,14?,16?/m0/s1. The lowest BCUT2D eigenvalue weighted by molar-refractivity contribution is 0.0494. The van der Waals surface area contributed by atoms with Crippen LogP contribution in [0.1, 0.15) is 76.2 Å². The maximum atomic E-state index is 14.5. The molecule has 5 N–H and O–H groups in total. The molecule has 1 aliphatic rings. The number of hydrogen-bond acceptors (Lipinski definition) is 4. The Morgan fingerprint density at radius 3 is 2.33 bits per heavy atom. The van der Waals surface area contributed by atoms with Crippen LogP contribution in [-0.2, 0) is 6.42 Å². The Morgan fingerprint density at radius 1 is 1.27 bits per heavy atom. The van der Waals surface area contributed by atoms with Crippen molar-refractivity contribution in [2.75, 3.05) is 5.32 Å². The van der Waals surface area contributed by atoms with Gasteiger partial charge in [-0.3, -0.25) is 10.2 Å². The third-order valence-electron chi connectivity index (χ3n) is 6.07. The zero-order valence-electron chi connectivity index (χ0n) is 18.6. The van der Waals surface area contributed by atoms with Gasteiger partial charge in [-0.25, -0.2) is 15.0 Å². The molecule has 1 atom stereocenters. The highest BCUT2D eigenvalue weighted by molar-refractivity contribution is 5.95. The molecule has 2 rings (SSSR count). The minimum atomic E-state index is -0.879. The number of amides is 2. The number of carboxylic acid groups (broad SMARTS) is 1. The average Bonchev–Trinajstić information content (AvgIpc) is 2.66. The van der Waals surface area contributed by atoms with E-state index in [0.717, 1.165) is 25.7 Å². The molecule has 1 fully saturated rings. The fourth-order valence-electron chi connectivity index (χ4n) is 4.55. The second kappa shape index (κ2) is 9.64. The van der Waals surface area contributed by atoms with E-state index in [0.29, 0.717) is 23.6 Å². The largest absolute Gasteiger partial charge is 0.465 e. The van der Waals surface area contributed by atoms with Gasteiger partial charge in [0.2, 0.25) is 0 Å². The number of nitrogens with two attached hydrogens (primary N) is 1. The molecule has 0 unspecified atom stereocenters. The predicted molar refractivity (Wildman–Crippen MR) is 116 cm³/mol. The number of carbonyl (C=O) groups excluding carboxylic acids is 1. The molecule has 168 valence electrons. The number of benzene rings is 1. The van der Waals surface area contributed by atoms with E-state index in [2.05, 4.69) is 12.2 Å². The summed E-state index contributed by atoms with van der Waals surface area (Å²) in [5, 5.41) is 13.0. The Hall–Kier alpha value is -2.35. The predicted octanol–water partition coefficient (Wildman–Crippen LogP) is 4.13. The molecule has 1 aromatic carbocycles. The van der Waals surface area contributed by atoms with Gasteiger partial charge >= 0.3 is 6.09 Å². The van der Waals surface area contributed by atoms with Gasteiger partial charge in [-0.1, -0.05) is 6.92 Å². The number of halogens is 1. The van der Waals surface area contributed by atoms with Gasteiger partial charge in [0.25, 0.3) is 5.91 Å². The first-order chi connectivity index (χ1) is 14.0. The Balaban J connectivity index is 2.11. The van der Waals surface area contributed by atoms with Gasteiger partial charge in [-0.15, -0.1) is 0 Å². The van der Waals surface area contributed by atoms with Crippen LogP contribution in [0.5, 0.6) is 0 Å². The van der Waals surface area contributed by atoms with E-state index in [4.69, 9.17) is 5.84 Å². The van der Waals surface area contributed by atoms with Crippen molar-refractivity contribution in [2.24, 2.45) is 11.8 Å². The summed E-state index contributed by atoms with van der Waals surface area (Å²) in [6.07, 6.45) is 2.97. The van der Waals surface area contributed by atoms with Gasteiger partial charge in [0.05, 0.1) is 0 Å². The summed E-state index contributed by atoms with van der Waals surface area (Å²) in [6, 6.07) is 2.90. The van der Waals surface area contributed by atoms with E-state index in [-0.39, 0.29) is 17.6 Å². The maximum absolute atomic E-state index is 14.5. The monoisotopic (exact) mass is 422 g/mol. The highest BCUT2D eigenvalue weighted by atomic mass is 19.1. The van der Waals surface area contributed by atoms with E-state index < -0.39 is 23.4 Å². The van der Waals surface area contributed by atoms with Crippen molar-refractivity contribution in [1.82, 2.24) is 10.3 Å². The van der Waals surface area contributed by atoms with Crippen molar-refractivity contribution in [3.05, 3.63) is 29.1 Å². The van der Waals surface area contributed by atoms with Gasteiger partial charge < -0.3 is 15.3 Å². The topological polar surface area (TPSA) is 108 Å². The maximum Gasteiger partial charge on any atom is 0.407 e. The highest BCUT2D eigenvalue weighted by Gasteiger charge is 2.36. The summed E-state index contributed by atoms with van der Waals surface area (Å²) in [6.45, 7) is 9.68. The number of nitrogens with one attached hydrogen (secondary N) is 2. The SMILES string of the molecule is CCc1c(F)cc(C(=O)NN)cc1N[C@@H](C)C1CCC(N(C(=O)O)C(C)(C)C)CC1. The lowest BCUT2D eigenvalue weighted by atomic mass is 9.80. The molecule has 0 radical (unpaired) electrons. The van der Waals surface area contributed by atoms with Crippen LogP contribution in [-0.4, -0.2) is 39.6 Å². The van der Waals surface area contributed by atoms with Crippen molar-refractivity contribution in [2.45, 2.75) is 84.3 Å². The Labute approximate surface area is 178 Å². The van der Waals surface area contributed by atoms with Crippen LogP contribution in [0.15, 0.2) is 12.1 Å². The Kier molecular flexibility index (Phi) is 7.69. The normalized spacial score (nSPS) is 20.4. The summed E-state index contributed by atoms with van der Waals surface area (Å²) in [5.74, 6) is 4.55.